The summed E-state index contributed by atoms with van der Waals surface area (Å²) in [5, 5.41) is 9.53. The first-order valence-electron chi connectivity index (χ1n) is 5.86. The van der Waals surface area contributed by atoms with E-state index in [0.717, 1.165) is 5.56 Å². The molecule has 0 saturated heterocycles. The highest BCUT2D eigenvalue weighted by Gasteiger charge is 2.30. The van der Waals surface area contributed by atoms with Crippen molar-refractivity contribution in [1.29, 1.82) is 0 Å². The SMILES string of the molecule is CC(C)(C)C(=O)C(Cc1ccc(Cl)cc1)OCO. The molecule has 18 heavy (non-hydrogen) atoms. The van der Waals surface area contributed by atoms with Crippen molar-refractivity contribution < 1.29 is 14.6 Å². The van der Waals surface area contributed by atoms with Gasteiger partial charge in [0.25, 0.3) is 0 Å². The van der Waals surface area contributed by atoms with Gasteiger partial charge in [0.2, 0.25) is 0 Å². The molecule has 1 N–H and O–H groups in total. The van der Waals surface area contributed by atoms with Crippen molar-refractivity contribution in [3.8, 4) is 0 Å². The lowest BCUT2D eigenvalue weighted by Crippen LogP contribution is -2.36. The molecule has 0 radical (unpaired) electrons. The fourth-order valence-electron chi connectivity index (χ4n) is 1.63. The summed E-state index contributed by atoms with van der Waals surface area (Å²) in [4.78, 5) is 12.2. The normalized spacial score (nSPS) is 13.4. The largest absolute Gasteiger partial charge is 0.371 e. The fourth-order valence-corrected chi connectivity index (χ4v) is 1.76. The van der Waals surface area contributed by atoms with Crippen LogP contribution in [0, 0.1) is 5.41 Å². The van der Waals surface area contributed by atoms with Gasteiger partial charge in [0.15, 0.2) is 5.78 Å². The number of rotatable bonds is 5. The summed E-state index contributed by atoms with van der Waals surface area (Å²) in [6, 6.07) is 7.25. The van der Waals surface area contributed by atoms with Crippen LogP contribution in [0.2, 0.25) is 5.02 Å². The van der Waals surface area contributed by atoms with Crippen molar-refractivity contribution in [3.05, 3.63) is 34.9 Å². The van der Waals surface area contributed by atoms with Gasteiger partial charge in [-0.25, -0.2) is 0 Å². The van der Waals surface area contributed by atoms with Gasteiger partial charge in [0.05, 0.1) is 0 Å². The Bertz CT molecular complexity index is 392. The summed E-state index contributed by atoms with van der Waals surface area (Å²) in [7, 11) is 0. The van der Waals surface area contributed by atoms with Gasteiger partial charge in [0.1, 0.15) is 12.9 Å². The van der Waals surface area contributed by atoms with Gasteiger partial charge in [-0.05, 0) is 17.7 Å². The Kier molecular flexibility index (Phi) is 5.32. The molecule has 1 rings (SSSR count). The van der Waals surface area contributed by atoms with Crippen LogP contribution in [0.1, 0.15) is 26.3 Å². The lowest BCUT2D eigenvalue weighted by Gasteiger charge is -2.24. The first-order chi connectivity index (χ1) is 8.34. The maximum Gasteiger partial charge on any atom is 0.167 e. The number of halogens is 1. The van der Waals surface area contributed by atoms with Crippen LogP contribution in [-0.4, -0.2) is 23.8 Å². The second-order valence-corrected chi connectivity index (χ2v) is 5.67. The molecule has 0 heterocycles. The summed E-state index contributed by atoms with van der Waals surface area (Å²) in [6.45, 7) is 5.06. The number of carbonyl (C=O) groups excluding carboxylic acids is 1. The quantitative estimate of drug-likeness (QED) is 0.837. The third-order valence-corrected chi connectivity index (χ3v) is 2.89. The van der Waals surface area contributed by atoms with Crippen molar-refractivity contribution in [1.82, 2.24) is 0 Å². The van der Waals surface area contributed by atoms with Crippen LogP contribution in [0.4, 0.5) is 0 Å². The second-order valence-electron chi connectivity index (χ2n) is 5.23. The zero-order chi connectivity index (χ0) is 13.8. The highest BCUT2D eigenvalue weighted by atomic mass is 35.5. The standard InChI is InChI=1S/C14H19ClO3/c1-14(2,3)13(17)12(18-9-16)8-10-4-6-11(15)7-5-10/h4-7,12,16H,8-9H2,1-3H3. The van der Waals surface area contributed by atoms with Crippen LogP contribution in [0.3, 0.4) is 0 Å². The lowest BCUT2D eigenvalue weighted by molar-refractivity contribution is -0.144. The molecule has 100 valence electrons. The summed E-state index contributed by atoms with van der Waals surface area (Å²) < 4.78 is 5.14. The Labute approximate surface area is 113 Å². The molecule has 4 heteroatoms. The number of ketones is 1. The highest BCUT2D eigenvalue weighted by molar-refractivity contribution is 6.30. The van der Waals surface area contributed by atoms with E-state index in [1.807, 2.05) is 32.9 Å². The summed E-state index contributed by atoms with van der Waals surface area (Å²) in [6.07, 6.45) is -0.190. The summed E-state index contributed by atoms with van der Waals surface area (Å²) >= 11 is 5.81. The van der Waals surface area contributed by atoms with Crippen molar-refractivity contribution >= 4 is 17.4 Å². The van der Waals surface area contributed by atoms with Crippen molar-refractivity contribution in [2.45, 2.75) is 33.3 Å². The zero-order valence-electron chi connectivity index (χ0n) is 10.9. The highest BCUT2D eigenvalue weighted by Crippen LogP contribution is 2.21. The van der Waals surface area contributed by atoms with Gasteiger partial charge in [-0.1, -0.05) is 44.5 Å². The van der Waals surface area contributed by atoms with E-state index in [9.17, 15) is 4.79 Å². The molecule has 1 aromatic carbocycles. The molecule has 0 bridgehead atoms. The first-order valence-corrected chi connectivity index (χ1v) is 6.23. The average molecular weight is 271 g/mol. The Balaban J connectivity index is 2.80. The molecule has 0 spiro atoms. The number of aliphatic hydroxyl groups excluding tert-OH is 1. The Hall–Kier alpha value is -0.900. The molecule has 3 nitrogen and oxygen atoms in total. The molecule has 0 aromatic heterocycles. The average Bonchev–Trinajstić information content (AvgIpc) is 2.29. The maximum atomic E-state index is 12.2. The van der Waals surface area contributed by atoms with Gasteiger partial charge >= 0.3 is 0 Å². The number of Topliss-reactive ketones (excluding diaryl/α,β-unsaturated/α-hetero) is 1. The van der Waals surface area contributed by atoms with E-state index in [1.165, 1.54) is 0 Å². The molecule has 1 aromatic rings. The predicted octanol–water partition coefficient (Wildman–Crippen LogP) is 2.83. The first kappa shape index (κ1) is 15.2. The van der Waals surface area contributed by atoms with E-state index in [-0.39, 0.29) is 5.78 Å². The number of carbonyl (C=O) groups is 1. The van der Waals surface area contributed by atoms with Crippen LogP contribution in [-0.2, 0) is 16.0 Å². The second kappa shape index (κ2) is 6.32. The molecule has 0 saturated carbocycles. The van der Waals surface area contributed by atoms with Gasteiger partial charge < -0.3 is 9.84 Å². The van der Waals surface area contributed by atoms with E-state index in [2.05, 4.69) is 0 Å². The molecular weight excluding hydrogens is 252 g/mol. The van der Waals surface area contributed by atoms with Crippen LogP contribution < -0.4 is 0 Å². The smallest absolute Gasteiger partial charge is 0.167 e. The Morgan fingerprint density at radius 1 is 1.33 bits per heavy atom. The third-order valence-electron chi connectivity index (χ3n) is 2.64. The fraction of sp³-hybridized carbons (Fsp3) is 0.500. The molecule has 1 unspecified atom stereocenters. The predicted molar refractivity (Wildman–Crippen MR) is 71.6 cm³/mol. The molecule has 1 atom stereocenters. The molecule has 0 amide bonds. The van der Waals surface area contributed by atoms with E-state index in [0.29, 0.717) is 11.4 Å². The maximum absolute atomic E-state index is 12.2. The Morgan fingerprint density at radius 3 is 2.33 bits per heavy atom. The van der Waals surface area contributed by atoms with Crippen molar-refractivity contribution in [3.63, 3.8) is 0 Å². The van der Waals surface area contributed by atoms with Gasteiger partial charge in [-0.3, -0.25) is 4.79 Å². The van der Waals surface area contributed by atoms with E-state index in [4.69, 9.17) is 21.4 Å². The van der Waals surface area contributed by atoms with Crippen LogP contribution in [0.15, 0.2) is 24.3 Å². The van der Waals surface area contributed by atoms with Crippen molar-refractivity contribution in [2.24, 2.45) is 5.41 Å². The van der Waals surface area contributed by atoms with E-state index >= 15 is 0 Å². The van der Waals surface area contributed by atoms with Crippen molar-refractivity contribution in [2.75, 3.05) is 6.79 Å². The minimum absolute atomic E-state index is 0.0218. The molecular formula is C14H19ClO3. The number of hydrogen-bond acceptors (Lipinski definition) is 3. The topological polar surface area (TPSA) is 46.5 Å². The molecule has 0 aliphatic carbocycles. The molecule has 0 aliphatic heterocycles. The molecule has 0 fully saturated rings. The summed E-state index contributed by atoms with van der Waals surface area (Å²) in [5.74, 6) is -0.0218. The number of ether oxygens (including phenoxy) is 1. The molecule has 0 aliphatic rings. The third kappa shape index (κ3) is 4.41. The minimum Gasteiger partial charge on any atom is -0.371 e. The van der Waals surface area contributed by atoms with Crippen LogP contribution >= 0.6 is 11.6 Å². The zero-order valence-corrected chi connectivity index (χ0v) is 11.7. The van der Waals surface area contributed by atoms with Gasteiger partial charge in [0, 0.05) is 16.9 Å². The van der Waals surface area contributed by atoms with E-state index in [1.54, 1.807) is 12.1 Å². The summed E-state index contributed by atoms with van der Waals surface area (Å²) in [5.41, 5.74) is 0.460. The number of aliphatic hydroxyl groups is 1. The van der Waals surface area contributed by atoms with Gasteiger partial charge in [-0.2, -0.15) is 0 Å². The van der Waals surface area contributed by atoms with Crippen LogP contribution in [0.5, 0.6) is 0 Å². The van der Waals surface area contributed by atoms with E-state index < -0.39 is 18.3 Å². The minimum atomic E-state index is -0.629. The Morgan fingerprint density at radius 2 is 1.89 bits per heavy atom. The number of hydrogen-bond donors (Lipinski definition) is 1. The monoisotopic (exact) mass is 270 g/mol. The lowest BCUT2D eigenvalue weighted by atomic mass is 9.85. The van der Waals surface area contributed by atoms with Gasteiger partial charge in [-0.15, -0.1) is 0 Å². The number of benzene rings is 1. The van der Waals surface area contributed by atoms with Crippen LogP contribution in [0.25, 0.3) is 0 Å².